The first-order chi connectivity index (χ1) is 12.6. The number of aryl methyl sites for hydroxylation is 2. The number of amides is 1. The van der Waals surface area contributed by atoms with Gasteiger partial charge in [0.25, 0.3) is 0 Å². The predicted octanol–water partition coefficient (Wildman–Crippen LogP) is 3.22. The summed E-state index contributed by atoms with van der Waals surface area (Å²) in [6, 6.07) is 4.42. The molecule has 1 amide bonds. The molecule has 138 valence electrons. The minimum atomic E-state index is 0.170. The average molecular weight is 355 g/mol. The zero-order chi connectivity index (χ0) is 18.1. The highest BCUT2D eigenvalue weighted by molar-refractivity contribution is 5.77. The van der Waals surface area contributed by atoms with Gasteiger partial charge in [0, 0.05) is 43.1 Å². The van der Waals surface area contributed by atoms with E-state index in [-0.39, 0.29) is 12.0 Å². The maximum absolute atomic E-state index is 12.9. The average Bonchev–Trinajstić information content (AvgIpc) is 3.10. The van der Waals surface area contributed by atoms with Crippen LogP contribution in [0.1, 0.15) is 49.1 Å². The highest BCUT2D eigenvalue weighted by Gasteiger charge is 2.43. The van der Waals surface area contributed by atoms with Crippen LogP contribution in [0.3, 0.4) is 0 Å². The Balaban J connectivity index is 1.36. The van der Waals surface area contributed by atoms with Crippen molar-refractivity contribution >= 4 is 5.91 Å². The lowest BCUT2D eigenvalue weighted by molar-refractivity contribution is -0.137. The Morgan fingerprint density at radius 1 is 1.31 bits per heavy atom. The maximum Gasteiger partial charge on any atom is 0.223 e. The molecule has 2 aliphatic heterocycles. The summed E-state index contributed by atoms with van der Waals surface area (Å²) in [5.74, 6) is 1.88. The molecule has 4 rings (SSSR count). The molecule has 2 unspecified atom stereocenters. The predicted molar refractivity (Wildman–Crippen MR) is 95.8 cm³/mol. The first-order valence-electron chi connectivity index (χ1n) is 9.41. The molecule has 2 aliphatic rings. The molecule has 2 saturated heterocycles. The van der Waals surface area contributed by atoms with E-state index >= 15 is 0 Å². The first kappa shape index (κ1) is 17.1. The van der Waals surface area contributed by atoms with Gasteiger partial charge in [0.1, 0.15) is 17.6 Å². The van der Waals surface area contributed by atoms with Gasteiger partial charge < -0.3 is 14.2 Å². The number of carbonyl (C=O) groups excluding carboxylic acids is 1. The van der Waals surface area contributed by atoms with Crippen molar-refractivity contribution in [1.29, 1.82) is 0 Å². The lowest BCUT2D eigenvalue weighted by Crippen LogP contribution is -2.49. The molecule has 0 radical (unpaired) electrons. The number of pyridine rings is 1. The van der Waals surface area contributed by atoms with E-state index < -0.39 is 0 Å². The fourth-order valence-corrected chi connectivity index (χ4v) is 4.46. The van der Waals surface area contributed by atoms with Gasteiger partial charge in [-0.3, -0.25) is 9.78 Å². The Bertz CT molecular complexity index is 740. The normalized spacial score (nSPS) is 24.7. The highest BCUT2D eigenvalue weighted by Crippen LogP contribution is 2.37. The third kappa shape index (κ3) is 3.32. The second-order valence-electron chi connectivity index (χ2n) is 7.39. The van der Waals surface area contributed by atoms with Gasteiger partial charge in [-0.1, -0.05) is 5.16 Å². The van der Waals surface area contributed by atoms with Gasteiger partial charge in [-0.15, -0.1) is 0 Å². The highest BCUT2D eigenvalue weighted by atomic mass is 16.5. The van der Waals surface area contributed by atoms with Gasteiger partial charge in [0.2, 0.25) is 5.91 Å². The van der Waals surface area contributed by atoms with Crippen molar-refractivity contribution < 1.29 is 14.1 Å². The van der Waals surface area contributed by atoms with Crippen molar-refractivity contribution in [2.45, 2.75) is 70.6 Å². The number of hydrogen-bond donors (Lipinski definition) is 0. The number of ether oxygens (including phenoxy) is 1. The molecule has 6 nitrogen and oxygen atoms in total. The molecule has 0 spiro atoms. The Kier molecular flexibility index (Phi) is 4.66. The fourth-order valence-electron chi connectivity index (χ4n) is 4.46. The van der Waals surface area contributed by atoms with Crippen molar-refractivity contribution in [2.75, 3.05) is 0 Å². The van der Waals surface area contributed by atoms with Crippen LogP contribution in [0.5, 0.6) is 5.75 Å². The van der Waals surface area contributed by atoms with Crippen LogP contribution in [-0.2, 0) is 11.2 Å². The Morgan fingerprint density at radius 3 is 2.69 bits per heavy atom. The van der Waals surface area contributed by atoms with Crippen LogP contribution in [0.25, 0.3) is 0 Å². The number of hydrogen-bond acceptors (Lipinski definition) is 5. The summed E-state index contributed by atoms with van der Waals surface area (Å²) in [5.41, 5.74) is 1.96. The van der Waals surface area contributed by atoms with Crippen LogP contribution in [0, 0.1) is 13.8 Å². The molecule has 2 fully saturated rings. The summed E-state index contributed by atoms with van der Waals surface area (Å²) in [4.78, 5) is 19.1. The second kappa shape index (κ2) is 7.09. The molecular formula is C20H25N3O3. The summed E-state index contributed by atoms with van der Waals surface area (Å²) >= 11 is 0. The molecular weight excluding hydrogens is 330 g/mol. The topological polar surface area (TPSA) is 68.5 Å². The molecule has 2 atom stereocenters. The van der Waals surface area contributed by atoms with Crippen LogP contribution < -0.4 is 4.74 Å². The Hall–Kier alpha value is -2.37. The summed E-state index contributed by atoms with van der Waals surface area (Å²) in [6.07, 6.45) is 8.85. The third-order valence-electron chi connectivity index (χ3n) is 5.69. The van der Waals surface area contributed by atoms with Crippen molar-refractivity contribution in [2.24, 2.45) is 0 Å². The number of fused-ring (bicyclic) bond motifs is 2. The third-order valence-corrected chi connectivity index (χ3v) is 5.69. The van der Waals surface area contributed by atoms with E-state index in [2.05, 4.69) is 15.0 Å². The first-order valence-corrected chi connectivity index (χ1v) is 9.41. The van der Waals surface area contributed by atoms with Crippen LogP contribution in [-0.4, -0.2) is 39.1 Å². The quantitative estimate of drug-likeness (QED) is 0.824. The molecule has 4 heterocycles. The molecule has 0 N–H and O–H groups in total. The van der Waals surface area contributed by atoms with Gasteiger partial charge in [-0.05, 0) is 45.2 Å². The van der Waals surface area contributed by atoms with E-state index in [9.17, 15) is 4.79 Å². The number of rotatable bonds is 5. The molecule has 26 heavy (non-hydrogen) atoms. The summed E-state index contributed by atoms with van der Waals surface area (Å²) in [7, 11) is 0. The van der Waals surface area contributed by atoms with Crippen molar-refractivity contribution in [3.63, 3.8) is 0 Å². The van der Waals surface area contributed by atoms with Gasteiger partial charge >= 0.3 is 0 Å². The molecule has 2 aromatic rings. The van der Waals surface area contributed by atoms with E-state index in [1.165, 1.54) is 0 Å². The SMILES string of the molecule is Cc1noc(C)c1CCC(=O)N1C2CCC1CC(Oc1cccnc1)C2. The molecule has 2 aromatic heterocycles. The van der Waals surface area contributed by atoms with Gasteiger partial charge in [-0.25, -0.2) is 0 Å². The smallest absolute Gasteiger partial charge is 0.223 e. The summed E-state index contributed by atoms with van der Waals surface area (Å²) < 4.78 is 11.3. The minimum Gasteiger partial charge on any atom is -0.489 e. The zero-order valence-electron chi connectivity index (χ0n) is 15.4. The van der Waals surface area contributed by atoms with Crippen molar-refractivity contribution in [1.82, 2.24) is 15.0 Å². The van der Waals surface area contributed by atoms with Crippen LogP contribution in [0.4, 0.5) is 0 Å². The van der Waals surface area contributed by atoms with E-state index in [0.717, 1.165) is 48.5 Å². The van der Waals surface area contributed by atoms with Gasteiger partial charge in [0.15, 0.2) is 0 Å². The molecule has 0 aromatic carbocycles. The number of piperidine rings is 1. The Labute approximate surface area is 153 Å². The maximum atomic E-state index is 12.9. The lowest BCUT2D eigenvalue weighted by atomic mass is 9.98. The summed E-state index contributed by atoms with van der Waals surface area (Å²) in [5, 5.41) is 3.98. The lowest BCUT2D eigenvalue weighted by Gasteiger charge is -2.39. The fraction of sp³-hybridized carbons (Fsp3) is 0.550. The monoisotopic (exact) mass is 355 g/mol. The van der Waals surface area contributed by atoms with Crippen LogP contribution in [0.15, 0.2) is 29.0 Å². The molecule has 0 saturated carbocycles. The van der Waals surface area contributed by atoms with Crippen LogP contribution >= 0.6 is 0 Å². The van der Waals surface area contributed by atoms with E-state index in [1.54, 1.807) is 12.4 Å². The second-order valence-corrected chi connectivity index (χ2v) is 7.39. The minimum absolute atomic E-state index is 0.170. The number of aromatic nitrogens is 2. The zero-order valence-corrected chi connectivity index (χ0v) is 15.4. The molecule has 0 aliphatic carbocycles. The van der Waals surface area contributed by atoms with Gasteiger partial charge in [0.05, 0.1) is 11.9 Å². The standard InChI is InChI=1S/C20H25N3O3/c1-13-19(14(2)26-22-13)7-8-20(24)23-15-5-6-16(23)11-18(10-15)25-17-4-3-9-21-12-17/h3-4,9,12,15-16,18H,5-8,10-11H2,1-2H3. The largest absolute Gasteiger partial charge is 0.489 e. The molecule has 6 heteroatoms. The summed E-state index contributed by atoms with van der Waals surface area (Å²) in [6.45, 7) is 3.84. The number of nitrogens with zero attached hydrogens (tertiary/aromatic N) is 3. The van der Waals surface area contributed by atoms with E-state index in [4.69, 9.17) is 9.26 Å². The van der Waals surface area contributed by atoms with E-state index in [1.807, 2.05) is 26.0 Å². The van der Waals surface area contributed by atoms with Crippen molar-refractivity contribution in [3.05, 3.63) is 41.5 Å². The van der Waals surface area contributed by atoms with Crippen LogP contribution in [0.2, 0.25) is 0 Å². The Morgan fingerprint density at radius 2 is 2.08 bits per heavy atom. The number of carbonyl (C=O) groups is 1. The van der Waals surface area contributed by atoms with E-state index in [0.29, 0.717) is 24.9 Å². The van der Waals surface area contributed by atoms with Crippen molar-refractivity contribution in [3.8, 4) is 5.75 Å². The molecule has 2 bridgehead atoms. The van der Waals surface area contributed by atoms with Gasteiger partial charge in [-0.2, -0.15) is 0 Å².